The van der Waals surface area contributed by atoms with E-state index in [4.69, 9.17) is 5.73 Å². The summed E-state index contributed by atoms with van der Waals surface area (Å²) < 4.78 is 40.0. The van der Waals surface area contributed by atoms with Crippen molar-refractivity contribution in [1.29, 1.82) is 0 Å². The van der Waals surface area contributed by atoms with Crippen molar-refractivity contribution in [1.82, 2.24) is 10.3 Å². The molecule has 1 aromatic carbocycles. The normalized spacial score (nSPS) is 12.4. The Kier molecular flexibility index (Phi) is 7.78. The monoisotopic (exact) mass is 383 g/mol. The van der Waals surface area contributed by atoms with E-state index in [2.05, 4.69) is 15.0 Å². The fraction of sp³-hybridized carbons (Fsp3) is 0.368. The lowest BCUT2D eigenvalue weighted by molar-refractivity contribution is -0.274. The molecule has 27 heavy (non-hydrogen) atoms. The number of nitrogens with two attached hydrogens (primary N) is 1. The second-order valence-corrected chi connectivity index (χ2v) is 6.91. The summed E-state index contributed by atoms with van der Waals surface area (Å²) in [5.74, 6) is -0.588. The van der Waals surface area contributed by atoms with Gasteiger partial charge in [-0.1, -0.05) is 12.1 Å². The molecule has 0 aliphatic heterocycles. The molecular weight excluding hydrogens is 359 g/mol. The molecule has 1 unspecified atom stereocenters. The highest BCUT2D eigenvalue weighted by atomic mass is 19.4. The standard InChI is InChI=1S/C15H13F3N2O2.C4H11N/c1-10(20-14(21)12-6-8-19-9-7-12)11-2-4-13(5-3-11)22-15(16,17)18;1-4(2,3)5/h2-10H,1H3,(H,20,21);5H2,1-3H3. The summed E-state index contributed by atoms with van der Waals surface area (Å²) in [6.07, 6.45) is -1.71. The number of hydrogen-bond acceptors (Lipinski definition) is 4. The molecule has 5 nitrogen and oxygen atoms in total. The van der Waals surface area contributed by atoms with E-state index in [9.17, 15) is 18.0 Å². The van der Waals surface area contributed by atoms with Crippen molar-refractivity contribution in [2.24, 2.45) is 5.73 Å². The van der Waals surface area contributed by atoms with Crippen molar-refractivity contribution in [2.45, 2.75) is 45.6 Å². The van der Waals surface area contributed by atoms with E-state index < -0.39 is 6.36 Å². The summed E-state index contributed by atoms with van der Waals surface area (Å²) in [6.45, 7) is 7.63. The van der Waals surface area contributed by atoms with Gasteiger partial charge in [0.05, 0.1) is 6.04 Å². The van der Waals surface area contributed by atoms with Gasteiger partial charge in [0.1, 0.15) is 5.75 Å². The second-order valence-electron chi connectivity index (χ2n) is 6.91. The second kappa shape index (κ2) is 9.36. The molecule has 0 radical (unpaired) electrons. The molecule has 1 aromatic heterocycles. The smallest absolute Gasteiger partial charge is 0.406 e. The highest BCUT2D eigenvalue weighted by Crippen LogP contribution is 2.24. The molecule has 148 valence electrons. The summed E-state index contributed by atoms with van der Waals surface area (Å²) >= 11 is 0. The van der Waals surface area contributed by atoms with Gasteiger partial charge in [0, 0.05) is 23.5 Å². The van der Waals surface area contributed by atoms with Crippen molar-refractivity contribution < 1.29 is 22.7 Å². The first-order chi connectivity index (χ1) is 12.3. The highest BCUT2D eigenvalue weighted by Gasteiger charge is 2.31. The Morgan fingerprint density at radius 1 is 1.07 bits per heavy atom. The topological polar surface area (TPSA) is 77.2 Å². The molecule has 1 heterocycles. The number of alkyl halides is 3. The van der Waals surface area contributed by atoms with Crippen LogP contribution in [0.2, 0.25) is 0 Å². The lowest BCUT2D eigenvalue weighted by Gasteiger charge is -2.15. The summed E-state index contributed by atoms with van der Waals surface area (Å²) in [7, 11) is 0. The van der Waals surface area contributed by atoms with Crippen LogP contribution in [0.25, 0.3) is 0 Å². The van der Waals surface area contributed by atoms with Crippen molar-refractivity contribution in [3.8, 4) is 5.75 Å². The summed E-state index contributed by atoms with van der Waals surface area (Å²) in [5, 5.41) is 2.75. The Hall–Kier alpha value is -2.61. The molecule has 0 saturated carbocycles. The van der Waals surface area contributed by atoms with Crippen LogP contribution in [0.3, 0.4) is 0 Å². The van der Waals surface area contributed by atoms with Gasteiger partial charge in [-0.25, -0.2) is 0 Å². The van der Waals surface area contributed by atoms with Gasteiger partial charge in [-0.15, -0.1) is 13.2 Å². The summed E-state index contributed by atoms with van der Waals surface area (Å²) in [6, 6.07) is 8.14. The van der Waals surface area contributed by atoms with E-state index in [1.807, 2.05) is 20.8 Å². The molecule has 3 N–H and O–H groups in total. The quantitative estimate of drug-likeness (QED) is 0.829. The van der Waals surface area contributed by atoms with Gasteiger partial charge in [0.25, 0.3) is 5.91 Å². The van der Waals surface area contributed by atoms with Crippen LogP contribution in [0.1, 0.15) is 49.7 Å². The molecule has 1 atom stereocenters. The SMILES string of the molecule is CC(C)(C)N.CC(NC(=O)c1ccncc1)c1ccc(OC(F)(F)F)cc1. The number of nitrogens with zero attached hydrogens (tertiary/aromatic N) is 1. The van der Waals surface area contributed by atoms with Crippen molar-refractivity contribution in [3.63, 3.8) is 0 Å². The summed E-state index contributed by atoms with van der Waals surface area (Å²) in [5.41, 5.74) is 6.48. The van der Waals surface area contributed by atoms with Crippen LogP contribution in [0.15, 0.2) is 48.8 Å². The third kappa shape index (κ3) is 10.2. The third-order valence-electron chi connectivity index (χ3n) is 2.90. The number of amides is 1. The number of carbonyl (C=O) groups is 1. The largest absolute Gasteiger partial charge is 0.573 e. The number of carbonyl (C=O) groups excluding carboxylic acids is 1. The van der Waals surface area contributed by atoms with Gasteiger partial charge >= 0.3 is 6.36 Å². The maximum atomic E-state index is 12.1. The highest BCUT2D eigenvalue weighted by molar-refractivity contribution is 5.94. The zero-order chi connectivity index (χ0) is 20.7. The lowest BCUT2D eigenvalue weighted by atomic mass is 10.1. The fourth-order valence-corrected chi connectivity index (χ4v) is 1.82. The molecule has 0 aliphatic rings. The maximum Gasteiger partial charge on any atom is 0.573 e. The van der Waals surface area contributed by atoms with Crippen molar-refractivity contribution in [3.05, 3.63) is 59.9 Å². The Morgan fingerprint density at radius 3 is 2.00 bits per heavy atom. The van der Waals surface area contributed by atoms with Crippen LogP contribution in [-0.4, -0.2) is 22.8 Å². The maximum absolute atomic E-state index is 12.1. The average Bonchev–Trinajstić information content (AvgIpc) is 2.53. The number of hydrogen-bond donors (Lipinski definition) is 2. The van der Waals surface area contributed by atoms with Crippen LogP contribution in [-0.2, 0) is 0 Å². The first kappa shape index (κ1) is 22.4. The average molecular weight is 383 g/mol. The minimum Gasteiger partial charge on any atom is -0.406 e. The summed E-state index contributed by atoms with van der Waals surface area (Å²) in [4.78, 5) is 15.8. The fourth-order valence-electron chi connectivity index (χ4n) is 1.82. The van der Waals surface area contributed by atoms with Gasteiger partial charge in [-0.2, -0.15) is 0 Å². The van der Waals surface area contributed by atoms with Crippen LogP contribution >= 0.6 is 0 Å². The van der Waals surface area contributed by atoms with Gasteiger partial charge < -0.3 is 15.8 Å². The van der Waals surface area contributed by atoms with E-state index in [1.54, 1.807) is 19.1 Å². The number of nitrogens with one attached hydrogen (secondary N) is 1. The first-order valence-corrected chi connectivity index (χ1v) is 8.20. The Balaban J connectivity index is 0.000000646. The van der Waals surface area contributed by atoms with Gasteiger partial charge in [-0.05, 0) is 57.5 Å². The van der Waals surface area contributed by atoms with Crippen LogP contribution in [0.5, 0.6) is 5.75 Å². The van der Waals surface area contributed by atoms with Gasteiger partial charge in [-0.3, -0.25) is 9.78 Å². The Bertz CT molecular complexity index is 706. The number of rotatable bonds is 4. The molecule has 8 heteroatoms. The molecule has 2 rings (SSSR count). The first-order valence-electron chi connectivity index (χ1n) is 8.20. The van der Waals surface area contributed by atoms with E-state index in [0.717, 1.165) is 0 Å². The lowest BCUT2D eigenvalue weighted by Crippen LogP contribution is -2.26. The van der Waals surface area contributed by atoms with E-state index in [0.29, 0.717) is 11.1 Å². The zero-order valence-electron chi connectivity index (χ0n) is 15.7. The molecule has 0 aliphatic carbocycles. The number of pyridine rings is 1. The molecule has 0 bridgehead atoms. The van der Waals surface area contributed by atoms with Crippen LogP contribution in [0, 0.1) is 0 Å². The minimum absolute atomic E-state index is 0. The molecule has 1 amide bonds. The number of benzene rings is 1. The van der Waals surface area contributed by atoms with E-state index in [1.165, 1.54) is 36.7 Å². The number of aromatic nitrogens is 1. The Labute approximate surface area is 156 Å². The van der Waals surface area contributed by atoms with Crippen molar-refractivity contribution >= 4 is 5.91 Å². The molecule has 0 spiro atoms. The van der Waals surface area contributed by atoms with Crippen molar-refractivity contribution in [2.75, 3.05) is 0 Å². The minimum atomic E-state index is -4.72. The Morgan fingerprint density at radius 2 is 1.56 bits per heavy atom. The van der Waals surface area contributed by atoms with Crippen LogP contribution in [0.4, 0.5) is 13.2 Å². The van der Waals surface area contributed by atoms with Gasteiger partial charge in [0.15, 0.2) is 0 Å². The number of halogens is 3. The van der Waals surface area contributed by atoms with E-state index in [-0.39, 0.29) is 23.2 Å². The molecular formula is C19H24F3N3O2. The molecule has 0 fully saturated rings. The van der Waals surface area contributed by atoms with Crippen LogP contribution < -0.4 is 15.8 Å². The zero-order valence-corrected chi connectivity index (χ0v) is 15.7. The van der Waals surface area contributed by atoms with E-state index >= 15 is 0 Å². The predicted octanol–water partition coefficient (Wildman–Crippen LogP) is 4.21. The molecule has 0 saturated heterocycles. The number of ether oxygens (including phenoxy) is 1. The molecule has 2 aromatic rings. The third-order valence-corrected chi connectivity index (χ3v) is 2.90. The van der Waals surface area contributed by atoms with Gasteiger partial charge in [0.2, 0.25) is 0 Å². The predicted molar refractivity (Wildman–Crippen MR) is 97.2 cm³/mol.